The summed E-state index contributed by atoms with van der Waals surface area (Å²) in [5, 5.41) is 0.881. The SMILES string of the molecule is O=c1ccc2cc(OC3C=CCCC3)ccc2o1. The Morgan fingerprint density at radius 2 is 2.17 bits per heavy atom. The number of rotatable bonds is 2. The zero-order chi connectivity index (χ0) is 12.4. The van der Waals surface area contributed by atoms with Crippen molar-refractivity contribution in [3.05, 3.63) is 52.9 Å². The van der Waals surface area contributed by atoms with Crippen molar-refractivity contribution in [1.29, 1.82) is 0 Å². The summed E-state index contributed by atoms with van der Waals surface area (Å²) in [7, 11) is 0. The number of fused-ring (bicyclic) bond motifs is 1. The summed E-state index contributed by atoms with van der Waals surface area (Å²) in [6, 6.07) is 8.70. The Kier molecular flexibility index (Phi) is 2.89. The van der Waals surface area contributed by atoms with Gasteiger partial charge in [-0.2, -0.15) is 0 Å². The lowest BCUT2D eigenvalue weighted by Gasteiger charge is -2.18. The molecule has 1 atom stereocenters. The third-order valence-corrected chi connectivity index (χ3v) is 3.09. The number of hydrogen-bond acceptors (Lipinski definition) is 3. The standard InChI is InChI=1S/C15H14O3/c16-15-9-6-11-10-13(7-8-14(11)18-15)17-12-4-2-1-3-5-12/h2,4,6-10,12H,1,3,5H2. The number of hydrogen-bond donors (Lipinski definition) is 0. The van der Waals surface area contributed by atoms with Crippen LogP contribution >= 0.6 is 0 Å². The molecule has 2 aromatic rings. The fourth-order valence-electron chi connectivity index (χ4n) is 2.18. The molecule has 1 aromatic carbocycles. The van der Waals surface area contributed by atoms with E-state index in [0.717, 1.165) is 24.0 Å². The molecule has 0 radical (unpaired) electrons. The molecule has 0 fully saturated rings. The van der Waals surface area contributed by atoms with Crippen LogP contribution in [0.4, 0.5) is 0 Å². The van der Waals surface area contributed by atoms with Crippen LogP contribution in [-0.2, 0) is 0 Å². The highest BCUT2D eigenvalue weighted by Crippen LogP contribution is 2.23. The fraction of sp³-hybridized carbons (Fsp3) is 0.267. The molecule has 3 heteroatoms. The van der Waals surface area contributed by atoms with Gasteiger partial charge in [0.25, 0.3) is 0 Å². The average Bonchev–Trinajstić information content (AvgIpc) is 2.40. The van der Waals surface area contributed by atoms with E-state index in [1.807, 2.05) is 12.1 Å². The summed E-state index contributed by atoms with van der Waals surface area (Å²) >= 11 is 0. The Morgan fingerprint density at radius 3 is 3.00 bits per heavy atom. The molecule has 1 heterocycles. The lowest BCUT2D eigenvalue weighted by molar-refractivity contribution is 0.230. The maximum atomic E-state index is 11.1. The molecule has 1 unspecified atom stereocenters. The average molecular weight is 242 g/mol. The van der Waals surface area contributed by atoms with Crippen LogP contribution in [0.25, 0.3) is 11.0 Å². The van der Waals surface area contributed by atoms with Crippen molar-refractivity contribution >= 4 is 11.0 Å². The van der Waals surface area contributed by atoms with E-state index in [0.29, 0.717) is 5.58 Å². The highest BCUT2D eigenvalue weighted by atomic mass is 16.5. The van der Waals surface area contributed by atoms with E-state index in [9.17, 15) is 4.79 Å². The Morgan fingerprint density at radius 1 is 1.22 bits per heavy atom. The lowest BCUT2D eigenvalue weighted by atomic mass is 10.1. The molecule has 0 N–H and O–H groups in total. The van der Waals surface area contributed by atoms with E-state index in [1.54, 1.807) is 12.1 Å². The summed E-state index contributed by atoms with van der Waals surface area (Å²) in [5.41, 5.74) is 0.264. The van der Waals surface area contributed by atoms with E-state index < -0.39 is 0 Å². The van der Waals surface area contributed by atoms with Gasteiger partial charge < -0.3 is 9.15 Å². The minimum Gasteiger partial charge on any atom is -0.486 e. The van der Waals surface area contributed by atoms with E-state index in [4.69, 9.17) is 9.15 Å². The summed E-state index contributed by atoms with van der Waals surface area (Å²) in [6.07, 6.45) is 7.80. The fourth-order valence-corrected chi connectivity index (χ4v) is 2.18. The van der Waals surface area contributed by atoms with E-state index >= 15 is 0 Å². The summed E-state index contributed by atoms with van der Waals surface area (Å²) in [5.74, 6) is 0.813. The molecule has 1 aliphatic rings. The normalized spacial score (nSPS) is 19.0. The third kappa shape index (κ3) is 2.30. The highest BCUT2D eigenvalue weighted by Gasteiger charge is 2.10. The van der Waals surface area contributed by atoms with Gasteiger partial charge in [0.1, 0.15) is 17.4 Å². The summed E-state index contributed by atoms with van der Waals surface area (Å²) in [4.78, 5) is 11.1. The molecule has 3 rings (SSSR count). The monoisotopic (exact) mass is 242 g/mol. The van der Waals surface area contributed by atoms with Gasteiger partial charge in [0.05, 0.1) is 0 Å². The van der Waals surface area contributed by atoms with Gasteiger partial charge in [-0.3, -0.25) is 0 Å². The number of allylic oxidation sites excluding steroid dienone is 1. The Balaban J connectivity index is 1.88. The second-order valence-electron chi connectivity index (χ2n) is 4.47. The molecule has 0 spiro atoms. The van der Waals surface area contributed by atoms with Gasteiger partial charge in [0.2, 0.25) is 0 Å². The Labute approximate surface area is 105 Å². The first-order valence-electron chi connectivity index (χ1n) is 6.18. The van der Waals surface area contributed by atoms with Gasteiger partial charge in [-0.05, 0) is 49.6 Å². The first kappa shape index (κ1) is 11.1. The molecule has 3 nitrogen and oxygen atoms in total. The van der Waals surface area contributed by atoms with Crippen LogP contribution in [0, 0.1) is 0 Å². The van der Waals surface area contributed by atoms with Gasteiger partial charge in [-0.1, -0.05) is 6.08 Å². The maximum absolute atomic E-state index is 11.1. The van der Waals surface area contributed by atoms with Crippen molar-refractivity contribution in [3.8, 4) is 5.75 Å². The molecular formula is C15H14O3. The van der Waals surface area contributed by atoms with Crippen LogP contribution in [0.1, 0.15) is 19.3 Å². The topological polar surface area (TPSA) is 39.4 Å². The second kappa shape index (κ2) is 4.69. The minimum atomic E-state index is -0.327. The predicted molar refractivity (Wildman–Crippen MR) is 69.9 cm³/mol. The van der Waals surface area contributed by atoms with E-state index in [2.05, 4.69) is 12.2 Å². The zero-order valence-corrected chi connectivity index (χ0v) is 9.96. The molecule has 1 aliphatic carbocycles. The number of benzene rings is 1. The Hall–Kier alpha value is -2.03. The van der Waals surface area contributed by atoms with Gasteiger partial charge in [0.15, 0.2) is 0 Å². The van der Waals surface area contributed by atoms with Crippen molar-refractivity contribution < 1.29 is 9.15 Å². The van der Waals surface area contributed by atoms with Crippen molar-refractivity contribution in [2.45, 2.75) is 25.4 Å². The molecule has 0 saturated heterocycles. The van der Waals surface area contributed by atoms with Crippen molar-refractivity contribution in [3.63, 3.8) is 0 Å². The molecule has 92 valence electrons. The molecule has 0 saturated carbocycles. The molecule has 0 aliphatic heterocycles. The molecule has 18 heavy (non-hydrogen) atoms. The molecular weight excluding hydrogens is 228 g/mol. The summed E-state index contributed by atoms with van der Waals surface area (Å²) in [6.45, 7) is 0. The molecule has 0 bridgehead atoms. The van der Waals surface area contributed by atoms with Crippen LogP contribution in [0.5, 0.6) is 5.75 Å². The quantitative estimate of drug-likeness (QED) is 0.599. The van der Waals surface area contributed by atoms with Gasteiger partial charge >= 0.3 is 5.63 Å². The second-order valence-corrected chi connectivity index (χ2v) is 4.47. The third-order valence-electron chi connectivity index (χ3n) is 3.09. The van der Waals surface area contributed by atoms with Crippen LogP contribution in [0.15, 0.2) is 51.7 Å². The predicted octanol–water partition coefficient (Wildman–Crippen LogP) is 3.28. The molecule has 0 amide bonds. The zero-order valence-electron chi connectivity index (χ0n) is 9.96. The summed E-state index contributed by atoms with van der Waals surface area (Å²) < 4.78 is 11.0. The van der Waals surface area contributed by atoms with Crippen LogP contribution in [0.3, 0.4) is 0 Å². The Bertz CT molecular complexity index is 639. The van der Waals surface area contributed by atoms with Crippen molar-refractivity contribution in [2.75, 3.05) is 0 Å². The van der Waals surface area contributed by atoms with E-state index in [-0.39, 0.29) is 11.7 Å². The van der Waals surface area contributed by atoms with Gasteiger partial charge in [-0.15, -0.1) is 0 Å². The first-order chi connectivity index (χ1) is 8.81. The first-order valence-corrected chi connectivity index (χ1v) is 6.18. The lowest BCUT2D eigenvalue weighted by Crippen LogP contribution is -2.15. The van der Waals surface area contributed by atoms with Crippen LogP contribution < -0.4 is 10.4 Å². The van der Waals surface area contributed by atoms with Crippen molar-refractivity contribution in [1.82, 2.24) is 0 Å². The largest absolute Gasteiger partial charge is 0.486 e. The molecule has 1 aromatic heterocycles. The number of ether oxygens (including phenoxy) is 1. The smallest absolute Gasteiger partial charge is 0.336 e. The van der Waals surface area contributed by atoms with Crippen LogP contribution in [-0.4, -0.2) is 6.10 Å². The van der Waals surface area contributed by atoms with E-state index in [1.165, 1.54) is 12.5 Å². The van der Waals surface area contributed by atoms with Gasteiger partial charge in [-0.25, -0.2) is 4.79 Å². The van der Waals surface area contributed by atoms with Crippen LogP contribution in [0.2, 0.25) is 0 Å². The van der Waals surface area contributed by atoms with Crippen molar-refractivity contribution in [2.24, 2.45) is 0 Å². The maximum Gasteiger partial charge on any atom is 0.336 e. The minimum absolute atomic E-state index is 0.159. The highest BCUT2D eigenvalue weighted by molar-refractivity contribution is 5.77. The van der Waals surface area contributed by atoms with Gasteiger partial charge in [0, 0.05) is 11.5 Å².